The summed E-state index contributed by atoms with van der Waals surface area (Å²) in [5.41, 5.74) is 1.24. The smallest absolute Gasteiger partial charge is 0.0453 e. The number of nitrogens with one attached hydrogen (secondary N) is 1. The number of likely N-dealkylation sites (N-methyl/N-ethyl adjacent to an activating group) is 2. The van der Waals surface area contributed by atoms with Crippen LogP contribution in [0.15, 0.2) is 18.2 Å². The van der Waals surface area contributed by atoms with E-state index in [-0.39, 0.29) is 5.54 Å². The highest BCUT2D eigenvalue weighted by Gasteiger charge is 2.36. The summed E-state index contributed by atoms with van der Waals surface area (Å²) >= 11 is 12.3. The number of rotatable bonds is 8. The predicted molar refractivity (Wildman–Crippen MR) is 94.6 cm³/mol. The molecule has 0 fully saturated rings. The van der Waals surface area contributed by atoms with Crippen molar-refractivity contribution in [1.29, 1.82) is 0 Å². The molecule has 0 aliphatic rings. The lowest BCUT2D eigenvalue weighted by Crippen LogP contribution is -2.59. The van der Waals surface area contributed by atoms with Crippen molar-refractivity contribution >= 4 is 23.2 Å². The zero-order valence-corrected chi connectivity index (χ0v) is 15.4. The Morgan fingerprint density at radius 1 is 1.19 bits per heavy atom. The van der Waals surface area contributed by atoms with Gasteiger partial charge in [-0.05, 0) is 57.6 Å². The second kappa shape index (κ2) is 8.38. The molecule has 4 heteroatoms. The van der Waals surface area contributed by atoms with Crippen LogP contribution in [0.2, 0.25) is 10.0 Å². The fourth-order valence-electron chi connectivity index (χ4n) is 3.18. The number of benzene rings is 1. The third kappa shape index (κ3) is 4.35. The first kappa shape index (κ1) is 18.8. The van der Waals surface area contributed by atoms with Crippen LogP contribution in [-0.2, 0) is 6.42 Å². The molecule has 1 aromatic rings. The van der Waals surface area contributed by atoms with Gasteiger partial charge in [-0.3, -0.25) is 4.90 Å². The van der Waals surface area contributed by atoms with E-state index in [0.29, 0.717) is 11.1 Å². The summed E-state index contributed by atoms with van der Waals surface area (Å²) in [6, 6.07) is 6.11. The Labute approximate surface area is 139 Å². The van der Waals surface area contributed by atoms with Crippen LogP contribution in [0.4, 0.5) is 0 Å². The standard InChI is InChI=1S/C17H28Cl2N2/c1-6-17(4,21(7-2)8-3)16(20-5)11-13-9-10-14(18)12-15(13)19/h9-10,12,16,20H,6-8,11H2,1-5H3. The summed E-state index contributed by atoms with van der Waals surface area (Å²) in [5, 5.41) is 4.94. The topological polar surface area (TPSA) is 15.3 Å². The van der Waals surface area contributed by atoms with E-state index in [1.165, 1.54) is 0 Å². The molecule has 1 N–H and O–H groups in total. The minimum atomic E-state index is 0.0984. The fourth-order valence-corrected chi connectivity index (χ4v) is 3.66. The van der Waals surface area contributed by atoms with Crippen molar-refractivity contribution in [3.63, 3.8) is 0 Å². The van der Waals surface area contributed by atoms with Gasteiger partial charge in [-0.2, -0.15) is 0 Å². The lowest BCUT2D eigenvalue weighted by molar-refractivity contribution is 0.0730. The summed E-state index contributed by atoms with van der Waals surface area (Å²) in [6.07, 6.45) is 1.98. The Balaban J connectivity index is 3.04. The SMILES string of the molecule is CCN(CC)C(C)(CC)C(Cc1ccc(Cl)cc1Cl)NC. The third-order valence-electron chi connectivity index (χ3n) is 4.74. The van der Waals surface area contributed by atoms with Gasteiger partial charge in [0.05, 0.1) is 0 Å². The minimum Gasteiger partial charge on any atom is -0.315 e. The van der Waals surface area contributed by atoms with E-state index in [0.717, 1.165) is 36.5 Å². The van der Waals surface area contributed by atoms with Crippen LogP contribution in [0.25, 0.3) is 0 Å². The van der Waals surface area contributed by atoms with Gasteiger partial charge in [-0.15, -0.1) is 0 Å². The molecule has 1 aromatic carbocycles. The molecule has 0 radical (unpaired) electrons. The maximum atomic E-state index is 6.35. The average molecular weight is 331 g/mol. The Morgan fingerprint density at radius 3 is 2.24 bits per heavy atom. The molecule has 21 heavy (non-hydrogen) atoms. The third-order valence-corrected chi connectivity index (χ3v) is 5.33. The first-order valence-corrected chi connectivity index (χ1v) is 8.54. The zero-order chi connectivity index (χ0) is 16.0. The predicted octanol–water partition coefficient (Wildman–Crippen LogP) is 4.63. The molecule has 0 amide bonds. The number of halogens is 2. The van der Waals surface area contributed by atoms with E-state index in [2.05, 4.69) is 37.9 Å². The van der Waals surface area contributed by atoms with Crippen LogP contribution in [0, 0.1) is 0 Å². The molecule has 2 atom stereocenters. The van der Waals surface area contributed by atoms with Crippen molar-refractivity contribution in [2.45, 2.75) is 52.1 Å². The number of nitrogens with zero attached hydrogens (tertiary/aromatic N) is 1. The highest BCUT2D eigenvalue weighted by Crippen LogP contribution is 2.29. The van der Waals surface area contributed by atoms with Gasteiger partial charge < -0.3 is 5.32 Å². The van der Waals surface area contributed by atoms with E-state index in [1.54, 1.807) is 0 Å². The maximum Gasteiger partial charge on any atom is 0.0453 e. The molecule has 0 heterocycles. The van der Waals surface area contributed by atoms with Crippen molar-refractivity contribution in [3.05, 3.63) is 33.8 Å². The zero-order valence-electron chi connectivity index (χ0n) is 13.8. The summed E-state index contributed by atoms with van der Waals surface area (Å²) in [7, 11) is 2.03. The Kier molecular flexibility index (Phi) is 7.49. The monoisotopic (exact) mass is 330 g/mol. The lowest BCUT2D eigenvalue weighted by Gasteiger charge is -2.46. The molecular weight excluding hydrogens is 303 g/mol. The molecular formula is C17H28Cl2N2. The second-order valence-corrected chi connectivity index (χ2v) is 6.51. The molecule has 0 aliphatic heterocycles. The van der Waals surface area contributed by atoms with Crippen LogP contribution < -0.4 is 5.32 Å². The largest absolute Gasteiger partial charge is 0.315 e. The van der Waals surface area contributed by atoms with Gasteiger partial charge in [-0.1, -0.05) is 50.0 Å². The quantitative estimate of drug-likeness (QED) is 0.747. The van der Waals surface area contributed by atoms with Gasteiger partial charge in [0.25, 0.3) is 0 Å². The van der Waals surface area contributed by atoms with Crippen molar-refractivity contribution < 1.29 is 0 Å². The number of hydrogen-bond donors (Lipinski definition) is 1. The Morgan fingerprint density at radius 2 is 1.81 bits per heavy atom. The van der Waals surface area contributed by atoms with E-state index in [4.69, 9.17) is 23.2 Å². The summed E-state index contributed by atoms with van der Waals surface area (Å²) < 4.78 is 0. The highest BCUT2D eigenvalue weighted by molar-refractivity contribution is 6.35. The van der Waals surface area contributed by atoms with E-state index < -0.39 is 0 Å². The van der Waals surface area contributed by atoms with E-state index >= 15 is 0 Å². The van der Waals surface area contributed by atoms with Crippen LogP contribution in [-0.4, -0.2) is 36.6 Å². The van der Waals surface area contributed by atoms with Crippen LogP contribution in [0.5, 0.6) is 0 Å². The first-order valence-electron chi connectivity index (χ1n) is 7.79. The Hall–Kier alpha value is -0.280. The Bertz CT molecular complexity index is 446. The number of hydrogen-bond acceptors (Lipinski definition) is 2. The van der Waals surface area contributed by atoms with Gasteiger partial charge in [-0.25, -0.2) is 0 Å². The lowest BCUT2D eigenvalue weighted by atomic mass is 9.83. The molecule has 120 valence electrons. The van der Waals surface area contributed by atoms with E-state index in [1.807, 2.05) is 25.2 Å². The molecule has 0 spiro atoms. The van der Waals surface area contributed by atoms with Gasteiger partial charge >= 0.3 is 0 Å². The maximum absolute atomic E-state index is 6.35. The highest BCUT2D eigenvalue weighted by atomic mass is 35.5. The molecule has 0 saturated heterocycles. The summed E-state index contributed by atoms with van der Waals surface area (Å²) in [4.78, 5) is 2.53. The van der Waals surface area contributed by atoms with Crippen molar-refractivity contribution in [1.82, 2.24) is 10.2 Å². The second-order valence-electron chi connectivity index (χ2n) is 5.66. The molecule has 0 saturated carbocycles. The molecule has 0 bridgehead atoms. The van der Waals surface area contributed by atoms with Crippen LogP contribution in [0.3, 0.4) is 0 Å². The van der Waals surface area contributed by atoms with Gasteiger partial charge in [0, 0.05) is 21.6 Å². The normalized spacial score (nSPS) is 16.0. The molecule has 2 unspecified atom stereocenters. The molecule has 0 aliphatic carbocycles. The van der Waals surface area contributed by atoms with Crippen LogP contribution in [0.1, 0.15) is 39.7 Å². The van der Waals surface area contributed by atoms with Crippen molar-refractivity contribution in [2.75, 3.05) is 20.1 Å². The fraction of sp³-hybridized carbons (Fsp3) is 0.647. The molecule has 2 nitrogen and oxygen atoms in total. The average Bonchev–Trinajstić information content (AvgIpc) is 2.47. The van der Waals surface area contributed by atoms with E-state index in [9.17, 15) is 0 Å². The minimum absolute atomic E-state index is 0.0984. The molecule has 0 aromatic heterocycles. The van der Waals surface area contributed by atoms with Crippen molar-refractivity contribution in [3.8, 4) is 0 Å². The summed E-state index contributed by atoms with van der Waals surface area (Å²) in [6.45, 7) is 11.1. The summed E-state index contributed by atoms with van der Waals surface area (Å²) in [5.74, 6) is 0. The van der Waals surface area contributed by atoms with Crippen molar-refractivity contribution in [2.24, 2.45) is 0 Å². The van der Waals surface area contributed by atoms with Gasteiger partial charge in [0.1, 0.15) is 0 Å². The van der Waals surface area contributed by atoms with Gasteiger partial charge in [0.2, 0.25) is 0 Å². The first-order chi connectivity index (χ1) is 9.92. The molecule has 1 rings (SSSR count). The van der Waals surface area contributed by atoms with Gasteiger partial charge in [0.15, 0.2) is 0 Å². The van der Waals surface area contributed by atoms with Crippen LogP contribution >= 0.6 is 23.2 Å².